The van der Waals surface area contributed by atoms with Gasteiger partial charge in [0.05, 0.1) is 0 Å². The maximum absolute atomic E-state index is 3.56. The van der Waals surface area contributed by atoms with Crippen LogP contribution in [0.5, 0.6) is 0 Å². The van der Waals surface area contributed by atoms with Crippen molar-refractivity contribution in [2.75, 3.05) is 5.32 Å². The molecule has 0 fully saturated rings. The smallest absolute Gasteiger partial charge is 0.0485 e. The number of rotatable bonds is 4. The predicted octanol–water partition coefficient (Wildman–Crippen LogP) is 6.05. The third-order valence-electron chi connectivity index (χ3n) is 3.53. The average Bonchev–Trinajstić information content (AvgIpc) is 2.37. The largest absolute Gasteiger partial charge is 0.378 e. The lowest BCUT2D eigenvalue weighted by atomic mass is 9.99. The summed E-state index contributed by atoms with van der Waals surface area (Å²) in [7, 11) is 0. The minimum atomic E-state index is 0.296. The molecule has 0 aromatic heterocycles. The SMILES string of the molecule is Cc1cc(Br)cc(NC(C)c2ccc(C(C)C)cc2)c1. The molecule has 0 spiro atoms. The van der Waals surface area contributed by atoms with Crippen molar-refractivity contribution >= 4 is 21.6 Å². The van der Waals surface area contributed by atoms with E-state index in [2.05, 4.69) is 91.4 Å². The molecule has 1 nitrogen and oxygen atoms in total. The number of benzene rings is 2. The molecule has 0 aliphatic rings. The lowest BCUT2D eigenvalue weighted by molar-refractivity contribution is 0.852. The van der Waals surface area contributed by atoms with E-state index in [0.29, 0.717) is 12.0 Å². The number of anilines is 1. The minimum absolute atomic E-state index is 0.296. The first kappa shape index (κ1) is 15.1. The molecule has 1 atom stereocenters. The van der Waals surface area contributed by atoms with Crippen molar-refractivity contribution < 1.29 is 0 Å². The molecule has 2 rings (SSSR count). The van der Waals surface area contributed by atoms with Gasteiger partial charge in [0.15, 0.2) is 0 Å². The highest BCUT2D eigenvalue weighted by molar-refractivity contribution is 9.10. The van der Waals surface area contributed by atoms with Gasteiger partial charge in [-0.2, -0.15) is 0 Å². The Labute approximate surface area is 130 Å². The zero-order valence-electron chi connectivity index (χ0n) is 12.6. The second-order valence-corrected chi connectivity index (χ2v) is 6.62. The van der Waals surface area contributed by atoms with E-state index in [1.54, 1.807) is 0 Å². The van der Waals surface area contributed by atoms with Crippen LogP contribution in [0.4, 0.5) is 5.69 Å². The Hall–Kier alpha value is -1.28. The van der Waals surface area contributed by atoms with Crippen molar-refractivity contribution in [1.29, 1.82) is 0 Å². The molecule has 2 heteroatoms. The van der Waals surface area contributed by atoms with Gasteiger partial charge in [0.25, 0.3) is 0 Å². The highest BCUT2D eigenvalue weighted by atomic mass is 79.9. The van der Waals surface area contributed by atoms with Crippen LogP contribution in [0.15, 0.2) is 46.9 Å². The Morgan fingerprint density at radius 2 is 1.50 bits per heavy atom. The zero-order valence-corrected chi connectivity index (χ0v) is 14.2. The molecular weight excluding hydrogens is 310 g/mol. The molecule has 0 aliphatic heterocycles. The van der Waals surface area contributed by atoms with Gasteiger partial charge in [0, 0.05) is 16.2 Å². The molecule has 2 aromatic carbocycles. The molecule has 1 N–H and O–H groups in total. The second kappa shape index (κ2) is 6.45. The topological polar surface area (TPSA) is 12.0 Å². The molecule has 0 amide bonds. The summed E-state index contributed by atoms with van der Waals surface area (Å²) in [6.07, 6.45) is 0. The molecule has 2 aromatic rings. The number of nitrogens with one attached hydrogen (secondary N) is 1. The summed E-state index contributed by atoms with van der Waals surface area (Å²) < 4.78 is 1.11. The fourth-order valence-corrected chi connectivity index (χ4v) is 2.93. The molecule has 0 saturated carbocycles. The lowest BCUT2D eigenvalue weighted by Crippen LogP contribution is -2.07. The van der Waals surface area contributed by atoms with Crippen molar-refractivity contribution in [2.24, 2.45) is 0 Å². The Kier molecular flexibility index (Phi) is 4.87. The van der Waals surface area contributed by atoms with Crippen LogP contribution in [0.3, 0.4) is 0 Å². The summed E-state index contributed by atoms with van der Waals surface area (Å²) in [5, 5.41) is 3.56. The normalized spacial score (nSPS) is 12.5. The Balaban J connectivity index is 2.13. The quantitative estimate of drug-likeness (QED) is 0.718. The van der Waals surface area contributed by atoms with Gasteiger partial charge in [0.1, 0.15) is 0 Å². The fourth-order valence-electron chi connectivity index (χ4n) is 2.32. The Bertz CT molecular complexity index is 552. The van der Waals surface area contributed by atoms with Crippen LogP contribution in [-0.4, -0.2) is 0 Å². The Morgan fingerprint density at radius 1 is 0.900 bits per heavy atom. The third kappa shape index (κ3) is 3.86. The maximum atomic E-state index is 3.56. The van der Waals surface area contributed by atoms with Crippen molar-refractivity contribution in [3.05, 3.63) is 63.6 Å². The number of hydrogen-bond acceptors (Lipinski definition) is 1. The van der Waals surface area contributed by atoms with Crippen LogP contribution in [0, 0.1) is 6.92 Å². The van der Waals surface area contributed by atoms with E-state index in [4.69, 9.17) is 0 Å². The van der Waals surface area contributed by atoms with Gasteiger partial charge >= 0.3 is 0 Å². The minimum Gasteiger partial charge on any atom is -0.378 e. The molecule has 0 radical (unpaired) electrons. The van der Waals surface area contributed by atoms with Gasteiger partial charge in [-0.25, -0.2) is 0 Å². The van der Waals surface area contributed by atoms with Gasteiger partial charge in [-0.05, 0) is 54.7 Å². The molecule has 0 heterocycles. The first-order valence-electron chi connectivity index (χ1n) is 7.09. The van der Waals surface area contributed by atoms with Gasteiger partial charge in [0.2, 0.25) is 0 Å². The van der Waals surface area contributed by atoms with Crippen molar-refractivity contribution in [1.82, 2.24) is 0 Å². The number of hydrogen-bond donors (Lipinski definition) is 1. The van der Waals surface area contributed by atoms with E-state index in [9.17, 15) is 0 Å². The van der Waals surface area contributed by atoms with Crippen LogP contribution in [0.2, 0.25) is 0 Å². The molecule has 1 unspecified atom stereocenters. The number of halogens is 1. The highest BCUT2D eigenvalue weighted by Gasteiger charge is 2.07. The monoisotopic (exact) mass is 331 g/mol. The van der Waals surface area contributed by atoms with Gasteiger partial charge < -0.3 is 5.32 Å². The van der Waals surface area contributed by atoms with Crippen molar-refractivity contribution in [3.63, 3.8) is 0 Å². The standard InChI is InChI=1S/C18H22BrN/c1-12(2)15-5-7-16(8-6-15)14(4)20-18-10-13(3)9-17(19)11-18/h5-12,14,20H,1-4H3. The van der Waals surface area contributed by atoms with Gasteiger partial charge in [-0.15, -0.1) is 0 Å². The summed E-state index contributed by atoms with van der Waals surface area (Å²) in [5.41, 5.74) is 5.10. The second-order valence-electron chi connectivity index (χ2n) is 5.70. The Morgan fingerprint density at radius 3 is 2.05 bits per heavy atom. The van der Waals surface area contributed by atoms with Crippen LogP contribution in [0.25, 0.3) is 0 Å². The first-order chi connectivity index (χ1) is 9.45. The number of aryl methyl sites for hydroxylation is 1. The fraction of sp³-hybridized carbons (Fsp3) is 0.333. The van der Waals surface area contributed by atoms with Gasteiger partial charge in [-0.3, -0.25) is 0 Å². The summed E-state index contributed by atoms with van der Waals surface area (Å²) in [6.45, 7) is 8.75. The average molecular weight is 332 g/mol. The molecule has 0 bridgehead atoms. The predicted molar refractivity (Wildman–Crippen MR) is 91.4 cm³/mol. The van der Waals surface area contributed by atoms with Crippen LogP contribution in [-0.2, 0) is 0 Å². The summed E-state index contributed by atoms with van der Waals surface area (Å²) in [4.78, 5) is 0. The van der Waals surface area contributed by atoms with E-state index in [-0.39, 0.29) is 0 Å². The van der Waals surface area contributed by atoms with Crippen LogP contribution >= 0.6 is 15.9 Å². The molecule has 0 aliphatic carbocycles. The summed E-state index contributed by atoms with van der Waals surface area (Å²) in [6, 6.07) is 15.6. The van der Waals surface area contributed by atoms with Crippen LogP contribution in [0.1, 0.15) is 49.4 Å². The van der Waals surface area contributed by atoms with E-state index >= 15 is 0 Å². The van der Waals surface area contributed by atoms with Crippen LogP contribution < -0.4 is 5.32 Å². The molecule has 106 valence electrons. The summed E-state index contributed by atoms with van der Waals surface area (Å²) >= 11 is 3.54. The summed E-state index contributed by atoms with van der Waals surface area (Å²) in [5.74, 6) is 0.583. The maximum Gasteiger partial charge on any atom is 0.0485 e. The van der Waals surface area contributed by atoms with E-state index in [0.717, 1.165) is 10.2 Å². The van der Waals surface area contributed by atoms with Crippen molar-refractivity contribution in [3.8, 4) is 0 Å². The van der Waals surface area contributed by atoms with E-state index in [1.807, 2.05) is 0 Å². The van der Waals surface area contributed by atoms with E-state index < -0.39 is 0 Å². The van der Waals surface area contributed by atoms with E-state index in [1.165, 1.54) is 16.7 Å². The highest BCUT2D eigenvalue weighted by Crippen LogP contribution is 2.25. The molecule has 20 heavy (non-hydrogen) atoms. The molecule has 0 saturated heterocycles. The van der Waals surface area contributed by atoms with Crippen molar-refractivity contribution in [2.45, 2.75) is 39.7 Å². The van der Waals surface area contributed by atoms with Gasteiger partial charge in [-0.1, -0.05) is 54.0 Å². The zero-order chi connectivity index (χ0) is 14.7. The third-order valence-corrected chi connectivity index (χ3v) is 3.99. The first-order valence-corrected chi connectivity index (χ1v) is 7.88. The molecular formula is C18H22BrN. The lowest BCUT2D eigenvalue weighted by Gasteiger charge is -2.17.